The monoisotopic (exact) mass is 257 g/mol. The number of carbonyl (C=O) groups excluding carboxylic acids is 1. The number of ether oxygens (including phenoxy) is 2. The van der Waals surface area contributed by atoms with Crippen LogP contribution in [-0.2, 0) is 9.53 Å². The van der Waals surface area contributed by atoms with Crippen LogP contribution in [0.3, 0.4) is 0 Å². The lowest BCUT2D eigenvalue weighted by Crippen LogP contribution is -2.26. The largest absolute Gasteiger partial charge is 0.478 e. The third-order valence-electron chi connectivity index (χ3n) is 2.06. The van der Waals surface area contributed by atoms with E-state index in [2.05, 4.69) is 4.74 Å². The first-order chi connectivity index (χ1) is 7.97. The predicted octanol–water partition coefficient (Wildman–Crippen LogP) is 1.40. The zero-order valence-electron chi connectivity index (χ0n) is 9.40. The molecule has 1 aromatic rings. The van der Waals surface area contributed by atoms with E-state index in [4.69, 9.17) is 22.7 Å². The van der Waals surface area contributed by atoms with E-state index in [-0.39, 0.29) is 16.3 Å². The number of hydrogen-bond acceptors (Lipinski definition) is 4. The summed E-state index contributed by atoms with van der Waals surface area (Å²) in [7, 11) is 1.24. The van der Waals surface area contributed by atoms with Gasteiger partial charge in [0.05, 0.1) is 12.7 Å². The molecule has 0 aromatic heterocycles. The van der Waals surface area contributed by atoms with Crippen LogP contribution in [0, 0.1) is 5.82 Å². The fourth-order valence-corrected chi connectivity index (χ4v) is 1.44. The molecule has 0 amide bonds. The summed E-state index contributed by atoms with van der Waals surface area (Å²) in [5, 5.41) is 0. The van der Waals surface area contributed by atoms with Gasteiger partial charge in [-0.15, -0.1) is 0 Å². The summed E-state index contributed by atoms with van der Waals surface area (Å²) < 4.78 is 23.2. The second-order valence-electron chi connectivity index (χ2n) is 3.26. The van der Waals surface area contributed by atoms with Crippen molar-refractivity contribution in [3.63, 3.8) is 0 Å². The number of nitrogens with two attached hydrogens (primary N) is 1. The van der Waals surface area contributed by atoms with E-state index >= 15 is 0 Å². The maximum absolute atomic E-state index is 13.5. The minimum absolute atomic E-state index is 0.0155. The van der Waals surface area contributed by atoms with E-state index in [1.54, 1.807) is 0 Å². The first-order valence-electron chi connectivity index (χ1n) is 4.80. The summed E-state index contributed by atoms with van der Waals surface area (Å²) >= 11 is 4.73. The molecule has 2 N–H and O–H groups in total. The first kappa shape index (κ1) is 13.4. The van der Waals surface area contributed by atoms with Crippen molar-refractivity contribution in [3.05, 3.63) is 29.6 Å². The van der Waals surface area contributed by atoms with Gasteiger partial charge in [-0.1, -0.05) is 18.3 Å². The first-order valence-corrected chi connectivity index (χ1v) is 5.21. The maximum atomic E-state index is 13.5. The van der Waals surface area contributed by atoms with Gasteiger partial charge < -0.3 is 15.2 Å². The fraction of sp³-hybridized carbons (Fsp3) is 0.273. The Morgan fingerprint density at radius 1 is 1.53 bits per heavy atom. The number of benzene rings is 1. The number of carbonyl (C=O) groups is 1. The molecule has 0 fully saturated rings. The van der Waals surface area contributed by atoms with E-state index < -0.39 is 17.9 Å². The summed E-state index contributed by atoms with van der Waals surface area (Å²) in [6.07, 6.45) is -0.866. The zero-order chi connectivity index (χ0) is 13.0. The minimum atomic E-state index is -0.866. The highest BCUT2D eigenvalue weighted by molar-refractivity contribution is 7.80. The summed E-state index contributed by atoms with van der Waals surface area (Å²) in [5.41, 5.74) is 5.38. The average Bonchev–Trinajstić information content (AvgIpc) is 2.27. The van der Waals surface area contributed by atoms with Crippen molar-refractivity contribution in [1.29, 1.82) is 0 Å². The van der Waals surface area contributed by atoms with Gasteiger partial charge in [-0.05, 0) is 19.1 Å². The lowest BCUT2D eigenvalue weighted by molar-refractivity contribution is -0.147. The summed E-state index contributed by atoms with van der Waals surface area (Å²) in [4.78, 5) is 11.0. The molecular weight excluding hydrogens is 245 g/mol. The lowest BCUT2D eigenvalue weighted by atomic mass is 10.2. The highest BCUT2D eigenvalue weighted by atomic mass is 32.1. The SMILES string of the molecule is COC(=O)C(C)Oc1cccc(F)c1C(N)=S. The van der Waals surface area contributed by atoms with Crippen LogP contribution in [0.1, 0.15) is 12.5 Å². The number of hydrogen-bond donors (Lipinski definition) is 1. The van der Waals surface area contributed by atoms with Crippen molar-refractivity contribution < 1.29 is 18.7 Å². The van der Waals surface area contributed by atoms with Crippen molar-refractivity contribution in [3.8, 4) is 5.75 Å². The highest BCUT2D eigenvalue weighted by Crippen LogP contribution is 2.22. The number of halogens is 1. The van der Waals surface area contributed by atoms with Gasteiger partial charge >= 0.3 is 5.97 Å². The second-order valence-corrected chi connectivity index (χ2v) is 3.70. The van der Waals surface area contributed by atoms with Gasteiger partial charge in [-0.2, -0.15) is 0 Å². The Morgan fingerprint density at radius 2 is 2.18 bits per heavy atom. The van der Waals surface area contributed by atoms with Crippen molar-refractivity contribution in [2.24, 2.45) is 5.73 Å². The molecule has 1 unspecified atom stereocenters. The Hall–Kier alpha value is -1.69. The lowest BCUT2D eigenvalue weighted by Gasteiger charge is -2.15. The van der Waals surface area contributed by atoms with Gasteiger partial charge in [-0.3, -0.25) is 0 Å². The smallest absolute Gasteiger partial charge is 0.346 e. The Morgan fingerprint density at radius 3 is 2.71 bits per heavy atom. The molecule has 1 aromatic carbocycles. The molecule has 1 rings (SSSR count). The molecule has 0 aliphatic rings. The van der Waals surface area contributed by atoms with Gasteiger partial charge in [0.25, 0.3) is 0 Å². The van der Waals surface area contributed by atoms with E-state index in [0.29, 0.717) is 0 Å². The quantitative estimate of drug-likeness (QED) is 0.652. The Labute approximate surface area is 104 Å². The van der Waals surface area contributed by atoms with Crippen LogP contribution in [0.2, 0.25) is 0 Å². The van der Waals surface area contributed by atoms with Gasteiger partial charge in [-0.25, -0.2) is 9.18 Å². The van der Waals surface area contributed by atoms with Crippen LogP contribution < -0.4 is 10.5 Å². The van der Waals surface area contributed by atoms with Gasteiger partial charge in [0.15, 0.2) is 6.10 Å². The fourth-order valence-electron chi connectivity index (χ4n) is 1.25. The van der Waals surface area contributed by atoms with E-state index in [9.17, 15) is 9.18 Å². The molecule has 92 valence electrons. The maximum Gasteiger partial charge on any atom is 0.346 e. The van der Waals surface area contributed by atoms with E-state index in [1.165, 1.54) is 32.2 Å². The number of thiocarbonyl (C=S) groups is 1. The van der Waals surface area contributed by atoms with Crippen LogP contribution in [0.5, 0.6) is 5.75 Å². The van der Waals surface area contributed by atoms with Gasteiger partial charge in [0.1, 0.15) is 16.6 Å². The van der Waals surface area contributed by atoms with Crippen molar-refractivity contribution in [2.45, 2.75) is 13.0 Å². The molecule has 0 aliphatic carbocycles. The topological polar surface area (TPSA) is 61.5 Å². The van der Waals surface area contributed by atoms with Crippen LogP contribution in [0.15, 0.2) is 18.2 Å². The van der Waals surface area contributed by atoms with Gasteiger partial charge in [0.2, 0.25) is 0 Å². The molecule has 0 spiro atoms. The average molecular weight is 257 g/mol. The molecule has 4 nitrogen and oxygen atoms in total. The third-order valence-corrected chi connectivity index (χ3v) is 2.26. The van der Waals surface area contributed by atoms with E-state index in [1.807, 2.05) is 0 Å². The molecular formula is C11H12FNO3S. The Kier molecular flexibility index (Phi) is 4.39. The second kappa shape index (κ2) is 5.58. The van der Waals surface area contributed by atoms with E-state index in [0.717, 1.165) is 0 Å². The molecule has 0 aliphatic heterocycles. The molecule has 0 bridgehead atoms. The molecule has 1 atom stereocenters. The summed E-state index contributed by atoms with van der Waals surface area (Å²) in [6.45, 7) is 1.49. The molecule has 17 heavy (non-hydrogen) atoms. The zero-order valence-corrected chi connectivity index (χ0v) is 10.2. The van der Waals surface area contributed by atoms with Crippen LogP contribution in [-0.4, -0.2) is 24.2 Å². The minimum Gasteiger partial charge on any atom is -0.478 e. The normalized spacial score (nSPS) is 11.7. The predicted molar refractivity (Wildman–Crippen MR) is 64.4 cm³/mol. The third kappa shape index (κ3) is 3.13. The van der Waals surface area contributed by atoms with Crippen LogP contribution in [0.25, 0.3) is 0 Å². The number of esters is 1. The summed E-state index contributed by atoms with van der Waals surface area (Å²) in [6, 6.07) is 4.14. The van der Waals surface area contributed by atoms with Crippen molar-refractivity contribution in [1.82, 2.24) is 0 Å². The van der Waals surface area contributed by atoms with Crippen molar-refractivity contribution in [2.75, 3.05) is 7.11 Å². The van der Waals surface area contributed by atoms with Crippen molar-refractivity contribution >= 4 is 23.2 Å². The summed E-state index contributed by atoms with van der Waals surface area (Å²) in [5.74, 6) is -1.04. The molecule has 0 saturated heterocycles. The van der Waals surface area contributed by atoms with Crippen LogP contribution in [0.4, 0.5) is 4.39 Å². The number of methoxy groups -OCH3 is 1. The molecule has 0 radical (unpaired) electrons. The Bertz CT molecular complexity index is 450. The standard InChI is InChI=1S/C11H12FNO3S/c1-6(11(14)15-2)16-8-5-3-4-7(12)9(8)10(13)17/h3-6H,1-2H3,(H2,13,17). The highest BCUT2D eigenvalue weighted by Gasteiger charge is 2.19. The molecule has 0 heterocycles. The Balaban J connectivity index is 3.02. The number of rotatable bonds is 4. The molecule has 0 saturated carbocycles. The molecule has 6 heteroatoms. The van der Waals surface area contributed by atoms with Gasteiger partial charge in [0, 0.05) is 0 Å². The van der Waals surface area contributed by atoms with Crippen LogP contribution >= 0.6 is 12.2 Å².